The number of hydrogen-bond acceptors (Lipinski definition) is 7. The zero-order valence-corrected chi connectivity index (χ0v) is 22.0. The van der Waals surface area contributed by atoms with Crippen LogP contribution in [0.25, 0.3) is 11.4 Å². The molecular formula is C27H36N6O4. The molecule has 1 aromatic heterocycles. The average Bonchev–Trinajstić information content (AvgIpc) is 3.66. The molecule has 5 rings (SSSR count). The molecule has 2 fully saturated rings. The molecule has 37 heavy (non-hydrogen) atoms. The molecule has 10 nitrogen and oxygen atoms in total. The van der Waals surface area contributed by atoms with Gasteiger partial charge < -0.3 is 29.9 Å². The number of carbonyl (C=O) groups is 2. The Labute approximate surface area is 217 Å². The summed E-state index contributed by atoms with van der Waals surface area (Å²) in [7, 11) is 0. The van der Waals surface area contributed by atoms with Gasteiger partial charge >= 0.3 is 12.1 Å². The predicted molar refractivity (Wildman–Crippen MR) is 141 cm³/mol. The van der Waals surface area contributed by atoms with Crippen LogP contribution < -0.4 is 15.5 Å². The number of anilines is 2. The minimum Gasteiger partial charge on any atom is -0.444 e. The fraction of sp³-hybridized carbons (Fsp3) is 0.556. The molecule has 0 bridgehead atoms. The van der Waals surface area contributed by atoms with Gasteiger partial charge in [-0.05, 0) is 71.2 Å². The molecule has 1 aliphatic carbocycles. The van der Waals surface area contributed by atoms with Crippen LogP contribution in [0, 0.1) is 0 Å². The summed E-state index contributed by atoms with van der Waals surface area (Å²) in [5.74, 6) is 1.50. The molecule has 2 aliphatic heterocycles. The summed E-state index contributed by atoms with van der Waals surface area (Å²) in [6.07, 6.45) is 2.40. The van der Waals surface area contributed by atoms with E-state index in [2.05, 4.69) is 22.5 Å². The van der Waals surface area contributed by atoms with Gasteiger partial charge in [0.1, 0.15) is 11.4 Å². The lowest BCUT2D eigenvalue weighted by molar-refractivity contribution is 0.0220. The topological polar surface area (TPSA) is 109 Å². The van der Waals surface area contributed by atoms with Gasteiger partial charge in [0.25, 0.3) is 0 Å². The molecule has 0 radical (unpaired) electrons. The molecule has 3 amide bonds. The van der Waals surface area contributed by atoms with E-state index in [1.165, 1.54) is 0 Å². The van der Waals surface area contributed by atoms with E-state index in [0.29, 0.717) is 50.3 Å². The number of nitrogens with one attached hydrogen (secondary N) is 2. The van der Waals surface area contributed by atoms with E-state index in [4.69, 9.17) is 19.4 Å². The lowest BCUT2D eigenvalue weighted by atomic mass is 10.0. The van der Waals surface area contributed by atoms with Crippen molar-refractivity contribution in [3.8, 4) is 11.4 Å². The molecule has 1 saturated carbocycles. The molecule has 0 unspecified atom stereocenters. The third kappa shape index (κ3) is 6.12. The summed E-state index contributed by atoms with van der Waals surface area (Å²) in [5.41, 5.74) is 2.90. The second kappa shape index (κ2) is 10.2. The second-order valence-electron chi connectivity index (χ2n) is 11.0. The van der Waals surface area contributed by atoms with Crippen molar-refractivity contribution in [2.24, 2.45) is 0 Å². The summed E-state index contributed by atoms with van der Waals surface area (Å²) in [4.78, 5) is 38.8. The number of aromatic nitrogens is 2. The van der Waals surface area contributed by atoms with Crippen molar-refractivity contribution in [2.75, 3.05) is 36.5 Å². The quantitative estimate of drug-likeness (QED) is 0.644. The highest BCUT2D eigenvalue weighted by Crippen LogP contribution is 2.32. The van der Waals surface area contributed by atoms with Crippen molar-refractivity contribution >= 4 is 23.6 Å². The standard InChI is InChI=1S/C27H36N6O4/c1-17-16-36-14-13-33(17)24-21-11-12-32(26(35)37-27(2,3)4)15-22(21)30-23(31-24)18-5-7-19(8-6-18)28-25(34)29-20-9-10-20/h5-8,17,20H,9-16H2,1-4H3,(H2,28,29,34)/t17-/m0/s1. The summed E-state index contributed by atoms with van der Waals surface area (Å²) in [6, 6.07) is 7.82. The molecule has 3 heterocycles. The third-order valence-electron chi connectivity index (χ3n) is 6.65. The Bertz CT molecular complexity index is 1160. The second-order valence-corrected chi connectivity index (χ2v) is 11.0. The number of amides is 3. The molecule has 10 heteroatoms. The van der Waals surface area contributed by atoms with Crippen molar-refractivity contribution in [3.05, 3.63) is 35.5 Å². The number of morpholine rings is 1. The van der Waals surface area contributed by atoms with Crippen LogP contribution in [0.2, 0.25) is 0 Å². The molecular weight excluding hydrogens is 472 g/mol. The maximum atomic E-state index is 12.8. The number of carbonyl (C=O) groups excluding carboxylic acids is 2. The number of benzene rings is 1. The number of ether oxygens (including phenoxy) is 2. The molecule has 2 aromatic rings. The lowest BCUT2D eigenvalue weighted by Gasteiger charge is -2.38. The van der Waals surface area contributed by atoms with E-state index in [1.807, 2.05) is 45.0 Å². The van der Waals surface area contributed by atoms with Crippen LogP contribution in [-0.2, 0) is 22.4 Å². The fourth-order valence-corrected chi connectivity index (χ4v) is 4.58. The first-order valence-electron chi connectivity index (χ1n) is 13.1. The van der Waals surface area contributed by atoms with Crippen LogP contribution in [0.3, 0.4) is 0 Å². The van der Waals surface area contributed by atoms with Crippen molar-refractivity contribution in [1.82, 2.24) is 20.2 Å². The molecule has 0 spiro atoms. The highest BCUT2D eigenvalue weighted by atomic mass is 16.6. The normalized spacial score (nSPS) is 19.7. The first-order chi connectivity index (χ1) is 17.7. The van der Waals surface area contributed by atoms with Crippen molar-refractivity contribution in [1.29, 1.82) is 0 Å². The van der Waals surface area contributed by atoms with Crippen LogP contribution in [0.15, 0.2) is 24.3 Å². The van der Waals surface area contributed by atoms with Crippen LogP contribution >= 0.6 is 0 Å². The Morgan fingerprint density at radius 1 is 1.11 bits per heavy atom. The smallest absolute Gasteiger partial charge is 0.410 e. The zero-order chi connectivity index (χ0) is 26.2. The monoisotopic (exact) mass is 508 g/mol. The molecule has 2 N–H and O–H groups in total. The third-order valence-corrected chi connectivity index (χ3v) is 6.65. The summed E-state index contributed by atoms with van der Waals surface area (Å²) >= 11 is 0. The Morgan fingerprint density at radius 3 is 2.54 bits per heavy atom. The first kappa shape index (κ1) is 25.3. The number of hydrogen-bond donors (Lipinski definition) is 2. The SMILES string of the molecule is C[C@H]1COCCN1c1nc(-c2ccc(NC(=O)NC3CC3)cc2)nc2c1CCN(C(=O)OC(C)(C)C)C2. The van der Waals surface area contributed by atoms with E-state index < -0.39 is 5.60 Å². The van der Waals surface area contributed by atoms with Gasteiger partial charge in [-0.15, -0.1) is 0 Å². The number of nitrogens with zero attached hydrogens (tertiary/aromatic N) is 4. The van der Waals surface area contributed by atoms with Crippen molar-refractivity contribution < 1.29 is 19.1 Å². The van der Waals surface area contributed by atoms with E-state index >= 15 is 0 Å². The number of rotatable bonds is 4. The average molecular weight is 509 g/mol. The predicted octanol–water partition coefficient (Wildman–Crippen LogP) is 3.95. The van der Waals surface area contributed by atoms with Crippen molar-refractivity contribution in [2.45, 2.75) is 71.2 Å². The number of fused-ring (bicyclic) bond motifs is 1. The summed E-state index contributed by atoms with van der Waals surface area (Å²) in [5, 5.41) is 5.80. The fourth-order valence-electron chi connectivity index (χ4n) is 4.58. The van der Waals surface area contributed by atoms with Crippen molar-refractivity contribution in [3.63, 3.8) is 0 Å². The van der Waals surface area contributed by atoms with Crippen LogP contribution in [0.4, 0.5) is 21.1 Å². The van der Waals surface area contributed by atoms with Gasteiger partial charge in [0.05, 0.1) is 31.5 Å². The van der Waals surface area contributed by atoms with E-state index in [0.717, 1.165) is 42.0 Å². The van der Waals surface area contributed by atoms with E-state index in [1.54, 1.807) is 4.90 Å². The van der Waals surface area contributed by atoms with Gasteiger partial charge in [0.15, 0.2) is 5.82 Å². The Morgan fingerprint density at radius 2 is 1.86 bits per heavy atom. The number of urea groups is 1. The van der Waals surface area contributed by atoms with Crippen LogP contribution in [-0.4, -0.2) is 71.0 Å². The van der Waals surface area contributed by atoms with Gasteiger partial charge in [0.2, 0.25) is 0 Å². The van der Waals surface area contributed by atoms with Gasteiger partial charge in [-0.3, -0.25) is 0 Å². The molecule has 3 aliphatic rings. The van der Waals surface area contributed by atoms with Gasteiger partial charge in [-0.2, -0.15) is 0 Å². The highest BCUT2D eigenvalue weighted by molar-refractivity contribution is 5.89. The van der Waals surface area contributed by atoms with Crippen LogP contribution in [0.5, 0.6) is 0 Å². The van der Waals surface area contributed by atoms with Gasteiger partial charge in [0, 0.05) is 35.9 Å². The first-order valence-corrected chi connectivity index (χ1v) is 13.1. The Balaban J connectivity index is 1.43. The molecule has 1 atom stereocenters. The van der Waals surface area contributed by atoms with E-state index in [-0.39, 0.29) is 18.2 Å². The lowest BCUT2D eigenvalue weighted by Crippen LogP contribution is -2.46. The molecule has 1 aromatic carbocycles. The molecule has 198 valence electrons. The largest absolute Gasteiger partial charge is 0.444 e. The van der Waals surface area contributed by atoms with Crippen LogP contribution in [0.1, 0.15) is 51.8 Å². The maximum absolute atomic E-state index is 12.8. The summed E-state index contributed by atoms with van der Waals surface area (Å²) in [6.45, 7) is 10.7. The maximum Gasteiger partial charge on any atom is 0.410 e. The van der Waals surface area contributed by atoms with Gasteiger partial charge in [-0.25, -0.2) is 19.6 Å². The van der Waals surface area contributed by atoms with E-state index in [9.17, 15) is 9.59 Å². The summed E-state index contributed by atoms with van der Waals surface area (Å²) < 4.78 is 11.3. The minimum atomic E-state index is -0.562. The Hall–Kier alpha value is -3.40. The van der Waals surface area contributed by atoms with Gasteiger partial charge in [-0.1, -0.05) is 0 Å². The minimum absolute atomic E-state index is 0.182. The highest BCUT2D eigenvalue weighted by Gasteiger charge is 2.32. The molecule has 1 saturated heterocycles. The zero-order valence-electron chi connectivity index (χ0n) is 22.0. The Kier molecular flexibility index (Phi) is 6.94.